The first kappa shape index (κ1) is 18.6. The number of nitrogens with zero attached hydrogens (tertiary/aromatic N) is 2. The summed E-state index contributed by atoms with van der Waals surface area (Å²) in [5, 5.41) is 21.4. The summed E-state index contributed by atoms with van der Waals surface area (Å²) in [7, 11) is 0. The van der Waals surface area contributed by atoms with E-state index in [2.05, 4.69) is 57.7 Å². The van der Waals surface area contributed by atoms with Crippen LogP contribution in [0.1, 0.15) is 42.6 Å². The van der Waals surface area contributed by atoms with E-state index in [1.165, 1.54) is 24.1 Å². The van der Waals surface area contributed by atoms with Crippen molar-refractivity contribution in [2.24, 2.45) is 0 Å². The molecule has 1 aliphatic heterocycles. The molecule has 1 aliphatic carbocycles. The minimum absolute atomic E-state index is 0.0630. The third kappa shape index (κ3) is 4.24. The molecular formula is C21H30N4O2. The third-order valence-electron chi connectivity index (χ3n) is 5.78. The van der Waals surface area contributed by atoms with Crippen LogP contribution in [-0.4, -0.2) is 58.1 Å². The van der Waals surface area contributed by atoms with E-state index in [0.29, 0.717) is 25.7 Å². The Morgan fingerprint density at radius 3 is 2.89 bits per heavy atom. The predicted molar refractivity (Wildman–Crippen MR) is 104 cm³/mol. The Hall–Kier alpha value is -1.73. The molecule has 2 fully saturated rings. The average molecular weight is 370 g/mol. The second-order valence-electron chi connectivity index (χ2n) is 8.06. The van der Waals surface area contributed by atoms with Crippen LogP contribution in [0.25, 0.3) is 0 Å². The molecule has 6 nitrogen and oxygen atoms in total. The fourth-order valence-electron chi connectivity index (χ4n) is 4.00. The van der Waals surface area contributed by atoms with Gasteiger partial charge in [-0.25, -0.2) is 0 Å². The van der Waals surface area contributed by atoms with Gasteiger partial charge in [0.1, 0.15) is 0 Å². The molecule has 2 aromatic rings. The maximum atomic E-state index is 10.3. The van der Waals surface area contributed by atoms with E-state index < -0.39 is 5.54 Å². The Morgan fingerprint density at radius 1 is 1.33 bits per heavy atom. The number of hydrogen-bond acceptors (Lipinski definition) is 5. The summed E-state index contributed by atoms with van der Waals surface area (Å²) in [6.45, 7) is 5.65. The first-order chi connectivity index (χ1) is 13.2. The molecule has 0 bridgehead atoms. The Morgan fingerprint density at radius 2 is 2.15 bits per heavy atom. The number of rotatable bonds is 8. The second-order valence-corrected chi connectivity index (χ2v) is 8.06. The molecule has 2 heterocycles. The van der Waals surface area contributed by atoms with Crippen molar-refractivity contribution in [1.29, 1.82) is 0 Å². The zero-order valence-electron chi connectivity index (χ0n) is 16.0. The van der Waals surface area contributed by atoms with Crippen LogP contribution >= 0.6 is 0 Å². The topological polar surface area (TPSA) is 73.4 Å². The number of aromatic amines is 1. The molecule has 4 rings (SSSR count). The van der Waals surface area contributed by atoms with Crippen molar-refractivity contribution in [1.82, 2.24) is 20.4 Å². The molecule has 0 spiro atoms. The molecule has 1 aromatic heterocycles. The first-order valence-electron chi connectivity index (χ1n) is 9.94. The lowest BCUT2D eigenvalue weighted by molar-refractivity contribution is -0.122. The maximum absolute atomic E-state index is 10.3. The molecule has 1 saturated carbocycles. The maximum Gasteiger partial charge on any atom is 0.0807 e. The van der Waals surface area contributed by atoms with Crippen molar-refractivity contribution in [2.75, 3.05) is 26.4 Å². The highest BCUT2D eigenvalue weighted by Gasteiger charge is 2.42. The number of ether oxygens (including phenoxy) is 1. The van der Waals surface area contributed by atoms with E-state index in [0.717, 1.165) is 18.8 Å². The lowest BCUT2D eigenvalue weighted by atomic mass is 9.94. The average Bonchev–Trinajstić information content (AvgIpc) is 3.44. The van der Waals surface area contributed by atoms with Crippen LogP contribution in [0.5, 0.6) is 0 Å². The van der Waals surface area contributed by atoms with Gasteiger partial charge >= 0.3 is 0 Å². The zero-order chi connectivity index (χ0) is 18.7. The summed E-state index contributed by atoms with van der Waals surface area (Å²) in [5.41, 5.74) is 3.12. The van der Waals surface area contributed by atoms with Crippen molar-refractivity contribution in [2.45, 2.75) is 50.4 Å². The van der Waals surface area contributed by atoms with E-state index in [1.807, 2.05) is 6.07 Å². The smallest absolute Gasteiger partial charge is 0.0807 e. The lowest BCUT2D eigenvalue weighted by Crippen LogP contribution is -2.66. The molecule has 146 valence electrons. The van der Waals surface area contributed by atoms with E-state index in [-0.39, 0.29) is 12.6 Å². The van der Waals surface area contributed by atoms with Gasteiger partial charge < -0.3 is 15.2 Å². The number of nitrogens with one attached hydrogen (secondary N) is 2. The summed E-state index contributed by atoms with van der Waals surface area (Å²) >= 11 is 0. The minimum atomic E-state index is -0.424. The molecule has 27 heavy (non-hydrogen) atoms. The minimum Gasteiger partial charge on any atom is -0.394 e. The second kappa shape index (κ2) is 8.10. The number of hydrogen-bond donors (Lipinski definition) is 3. The van der Waals surface area contributed by atoms with Crippen LogP contribution in [0.3, 0.4) is 0 Å². The van der Waals surface area contributed by atoms with Crippen molar-refractivity contribution >= 4 is 0 Å². The van der Waals surface area contributed by atoms with E-state index in [9.17, 15) is 5.11 Å². The SMILES string of the molecule is C[C@@H]1COC[C@@](CO)(CNCc2cc(C3CC3)n[nH]2)N1Cc1ccccc1. The lowest BCUT2D eigenvalue weighted by Gasteiger charge is -2.49. The number of morpholine rings is 1. The van der Waals surface area contributed by atoms with Crippen LogP contribution in [-0.2, 0) is 17.8 Å². The van der Waals surface area contributed by atoms with Crippen LogP contribution in [0.4, 0.5) is 0 Å². The summed E-state index contributed by atoms with van der Waals surface area (Å²) in [4.78, 5) is 2.39. The molecule has 0 unspecified atom stereocenters. The van der Waals surface area contributed by atoms with Crippen molar-refractivity contribution in [3.63, 3.8) is 0 Å². The van der Waals surface area contributed by atoms with Crippen LogP contribution < -0.4 is 5.32 Å². The van der Waals surface area contributed by atoms with E-state index in [4.69, 9.17) is 4.74 Å². The van der Waals surface area contributed by atoms with Gasteiger partial charge in [0.2, 0.25) is 0 Å². The van der Waals surface area contributed by atoms with Gasteiger partial charge in [-0.1, -0.05) is 30.3 Å². The van der Waals surface area contributed by atoms with E-state index >= 15 is 0 Å². The van der Waals surface area contributed by atoms with Crippen molar-refractivity contribution < 1.29 is 9.84 Å². The fourth-order valence-corrected chi connectivity index (χ4v) is 4.00. The third-order valence-corrected chi connectivity index (χ3v) is 5.78. The Bertz CT molecular complexity index is 731. The van der Waals surface area contributed by atoms with Gasteiger partial charge in [-0.3, -0.25) is 10.00 Å². The van der Waals surface area contributed by atoms with Crippen LogP contribution in [0.2, 0.25) is 0 Å². The zero-order valence-corrected chi connectivity index (χ0v) is 16.0. The highest BCUT2D eigenvalue weighted by atomic mass is 16.5. The van der Waals surface area contributed by atoms with Crippen molar-refractivity contribution in [3.8, 4) is 0 Å². The molecule has 2 aliphatic rings. The van der Waals surface area contributed by atoms with Gasteiger partial charge in [0.15, 0.2) is 0 Å². The van der Waals surface area contributed by atoms with Crippen LogP contribution in [0.15, 0.2) is 36.4 Å². The standard InChI is InChI=1S/C21H30N4O2/c1-16-12-27-15-21(14-26,25(16)11-17-5-3-2-4-6-17)13-22-10-19-9-20(24-23-19)18-7-8-18/h2-6,9,16,18,22,26H,7-8,10-15H2,1H3,(H,23,24)/t16-,21+/m1/s1. The summed E-state index contributed by atoms with van der Waals surface area (Å²) < 4.78 is 5.84. The van der Waals surface area contributed by atoms with Gasteiger partial charge in [0.05, 0.1) is 31.1 Å². The normalized spacial score (nSPS) is 26.4. The molecular weight excluding hydrogens is 340 g/mol. The number of aromatic nitrogens is 2. The Labute approximate surface area is 160 Å². The van der Waals surface area contributed by atoms with Crippen LogP contribution in [0, 0.1) is 0 Å². The first-order valence-corrected chi connectivity index (χ1v) is 9.94. The number of benzene rings is 1. The van der Waals surface area contributed by atoms with Crippen molar-refractivity contribution in [3.05, 3.63) is 53.3 Å². The largest absolute Gasteiger partial charge is 0.394 e. The molecule has 6 heteroatoms. The highest BCUT2D eigenvalue weighted by molar-refractivity contribution is 5.18. The van der Waals surface area contributed by atoms with Gasteiger partial charge in [-0.2, -0.15) is 5.10 Å². The summed E-state index contributed by atoms with van der Waals surface area (Å²) in [6.07, 6.45) is 2.52. The Balaban J connectivity index is 1.42. The summed E-state index contributed by atoms with van der Waals surface area (Å²) in [5.74, 6) is 0.660. The van der Waals surface area contributed by atoms with Gasteiger partial charge in [-0.15, -0.1) is 0 Å². The molecule has 1 saturated heterocycles. The number of aliphatic hydroxyl groups excluding tert-OH is 1. The van der Waals surface area contributed by atoms with E-state index in [1.54, 1.807) is 0 Å². The van der Waals surface area contributed by atoms with Gasteiger partial charge in [0.25, 0.3) is 0 Å². The molecule has 1 aromatic carbocycles. The molecule has 2 atom stereocenters. The quantitative estimate of drug-likeness (QED) is 0.663. The Kier molecular flexibility index (Phi) is 5.59. The van der Waals surface area contributed by atoms with Gasteiger partial charge in [-0.05, 0) is 31.4 Å². The van der Waals surface area contributed by atoms with Gasteiger partial charge in [0, 0.05) is 37.3 Å². The molecule has 0 radical (unpaired) electrons. The fraction of sp³-hybridized carbons (Fsp3) is 0.571. The summed E-state index contributed by atoms with van der Waals surface area (Å²) in [6, 6.07) is 12.9. The highest BCUT2D eigenvalue weighted by Crippen LogP contribution is 2.39. The molecule has 3 N–H and O–H groups in total. The number of H-pyrrole nitrogens is 1. The number of aliphatic hydroxyl groups is 1. The predicted octanol–water partition coefficient (Wildman–Crippen LogP) is 2.03. The monoisotopic (exact) mass is 370 g/mol. The molecule has 0 amide bonds.